The van der Waals surface area contributed by atoms with Crippen molar-refractivity contribution in [2.75, 3.05) is 13.1 Å². The van der Waals surface area contributed by atoms with Gasteiger partial charge in [-0.25, -0.2) is 0 Å². The van der Waals surface area contributed by atoms with Gasteiger partial charge in [-0.2, -0.15) is 0 Å². The van der Waals surface area contributed by atoms with Gasteiger partial charge in [-0.05, 0) is 48.7 Å². The van der Waals surface area contributed by atoms with Crippen LogP contribution in [0.1, 0.15) is 36.0 Å². The van der Waals surface area contributed by atoms with Gasteiger partial charge in [-0.1, -0.05) is 96.9 Å². The van der Waals surface area contributed by atoms with E-state index in [1.165, 1.54) is 36.0 Å². The number of piperidine rings is 1. The Morgan fingerprint density at radius 2 is 1.12 bits per heavy atom. The fourth-order valence-corrected chi connectivity index (χ4v) is 4.63. The Labute approximate surface area is 161 Å². The molecule has 132 valence electrons. The molecule has 3 aromatic rings. The Hall–Kier alpha value is -2.09. The zero-order valence-corrected chi connectivity index (χ0v) is 15.7. The Balaban J connectivity index is 2.05. The van der Waals surface area contributed by atoms with E-state index in [2.05, 4.69) is 77.7 Å². The lowest BCUT2D eigenvalue weighted by Gasteiger charge is -2.47. The third-order valence-corrected chi connectivity index (χ3v) is 5.81. The van der Waals surface area contributed by atoms with Crippen molar-refractivity contribution in [3.63, 3.8) is 0 Å². The van der Waals surface area contributed by atoms with Crippen molar-refractivity contribution >= 4 is 11.6 Å². The lowest BCUT2D eigenvalue weighted by molar-refractivity contribution is 0.128. The van der Waals surface area contributed by atoms with Crippen molar-refractivity contribution in [2.45, 2.75) is 24.8 Å². The standard InChI is InChI=1S/C24H24ClN/c25-23-17-9-8-16-22(23)24(20-12-4-1-5-13-20,21-14-6-2-7-15-21)26-18-10-3-11-19-26/h1-2,4-9,12-17H,3,10-11,18-19H2. The maximum atomic E-state index is 6.80. The van der Waals surface area contributed by atoms with Crippen molar-refractivity contribution in [3.05, 3.63) is 107 Å². The second-order valence-electron chi connectivity index (χ2n) is 6.97. The quantitative estimate of drug-likeness (QED) is 0.506. The second kappa shape index (κ2) is 7.65. The normalized spacial score (nSPS) is 15.7. The first-order valence-corrected chi connectivity index (χ1v) is 9.82. The molecule has 0 aliphatic carbocycles. The minimum absolute atomic E-state index is 0.360. The molecule has 1 saturated heterocycles. The highest BCUT2D eigenvalue weighted by Gasteiger charge is 2.43. The number of rotatable bonds is 4. The van der Waals surface area contributed by atoms with Crippen LogP contribution in [-0.4, -0.2) is 18.0 Å². The average molecular weight is 362 g/mol. The lowest BCUT2D eigenvalue weighted by Crippen LogP contribution is -2.50. The molecular weight excluding hydrogens is 338 g/mol. The van der Waals surface area contributed by atoms with Crippen LogP contribution in [0.2, 0.25) is 5.02 Å². The van der Waals surface area contributed by atoms with Crippen LogP contribution in [-0.2, 0) is 5.54 Å². The molecule has 0 amide bonds. The van der Waals surface area contributed by atoms with Gasteiger partial charge >= 0.3 is 0 Å². The van der Waals surface area contributed by atoms with Gasteiger partial charge in [-0.3, -0.25) is 4.90 Å². The Kier molecular flexibility index (Phi) is 5.10. The van der Waals surface area contributed by atoms with E-state index in [1.807, 2.05) is 12.1 Å². The summed E-state index contributed by atoms with van der Waals surface area (Å²) in [5.41, 5.74) is 3.37. The van der Waals surface area contributed by atoms with E-state index in [-0.39, 0.29) is 5.54 Å². The Morgan fingerprint density at radius 3 is 1.65 bits per heavy atom. The SMILES string of the molecule is Clc1ccccc1C(c1ccccc1)(c1ccccc1)N1CCCCC1. The maximum Gasteiger partial charge on any atom is 0.0987 e. The molecule has 0 unspecified atom stereocenters. The fourth-order valence-electron chi connectivity index (χ4n) is 4.36. The van der Waals surface area contributed by atoms with Crippen LogP contribution in [0.4, 0.5) is 0 Å². The van der Waals surface area contributed by atoms with Crippen LogP contribution in [0, 0.1) is 0 Å². The molecule has 0 N–H and O–H groups in total. The van der Waals surface area contributed by atoms with Crippen LogP contribution >= 0.6 is 11.6 Å². The van der Waals surface area contributed by atoms with E-state index in [0.717, 1.165) is 18.1 Å². The van der Waals surface area contributed by atoms with Crippen LogP contribution in [0.15, 0.2) is 84.9 Å². The van der Waals surface area contributed by atoms with Crippen LogP contribution in [0.5, 0.6) is 0 Å². The molecule has 26 heavy (non-hydrogen) atoms. The zero-order valence-electron chi connectivity index (χ0n) is 14.9. The van der Waals surface area contributed by atoms with Crippen molar-refractivity contribution < 1.29 is 0 Å². The smallest absolute Gasteiger partial charge is 0.0987 e. The second-order valence-corrected chi connectivity index (χ2v) is 7.38. The van der Waals surface area contributed by atoms with E-state index < -0.39 is 0 Å². The lowest BCUT2D eigenvalue weighted by atomic mass is 9.74. The van der Waals surface area contributed by atoms with Gasteiger partial charge in [-0.15, -0.1) is 0 Å². The minimum atomic E-state index is -0.360. The Bertz CT molecular complexity index is 799. The third-order valence-electron chi connectivity index (χ3n) is 5.48. The van der Waals surface area contributed by atoms with Gasteiger partial charge in [0, 0.05) is 5.02 Å². The minimum Gasteiger partial charge on any atom is -0.286 e. The largest absolute Gasteiger partial charge is 0.286 e. The van der Waals surface area contributed by atoms with Gasteiger partial charge in [0.1, 0.15) is 0 Å². The molecule has 0 spiro atoms. The van der Waals surface area contributed by atoms with E-state index >= 15 is 0 Å². The third kappa shape index (κ3) is 2.96. The van der Waals surface area contributed by atoms with Crippen molar-refractivity contribution in [3.8, 4) is 0 Å². The van der Waals surface area contributed by atoms with Gasteiger partial charge < -0.3 is 0 Å². The molecule has 1 aliphatic heterocycles. The fraction of sp³-hybridized carbons (Fsp3) is 0.250. The summed E-state index contributed by atoms with van der Waals surface area (Å²) in [6.07, 6.45) is 3.76. The summed E-state index contributed by atoms with van der Waals surface area (Å²) in [6, 6.07) is 30.0. The van der Waals surface area contributed by atoms with Crippen molar-refractivity contribution in [1.82, 2.24) is 4.90 Å². The monoisotopic (exact) mass is 361 g/mol. The molecular formula is C24H24ClN. The van der Waals surface area contributed by atoms with Crippen LogP contribution in [0.25, 0.3) is 0 Å². The molecule has 1 heterocycles. The van der Waals surface area contributed by atoms with Gasteiger partial charge in [0.15, 0.2) is 0 Å². The number of likely N-dealkylation sites (tertiary alicyclic amines) is 1. The molecule has 2 heteroatoms. The average Bonchev–Trinajstić information content (AvgIpc) is 2.72. The van der Waals surface area contributed by atoms with E-state index in [4.69, 9.17) is 11.6 Å². The summed E-state index contributed by atoms with van der Waals surface area (Å²) in [4.78, 5) is 2.63. The predicted molar refractivity (Wildman–Crippen MR) is 110 cm³/mol. The number of nitrogens with zero attached hydrogens (tertiary/aromatic N) is 1. The number of hydrogen-bond acceptors (Lipinski definition) is 1. The number of hydrogen-bond donors (Lipinski definition) is 0. The molecule has 0 bridgehead atoms. The summed E-state index contributed by atoms with van der Waals surface area (Å²) in [5, 5.41) is 0.825. The number of halogens is 1. The molecule has 0 saturated carbocycles. The first-order chi connectivity index (χ1) is 12.8. The summed E-state index contributed by atoms with van der Waals surface area (Å²) >= 11 is 6.80. The van der Waals surface area contributed by atoms with Gasteiger partial charge in [0.05, 0.1) is 5.54 Å². The van der Waals surface area contributed by atoms with Crippen LogP contribution < -0.4 is 0 Å². The molecule has 1 nitrogen and oxygen atoms in total. The van der Waals surface area contributed by atoms with Crippen molar-refractivity contribution in [2.24, 2.45) is 0 Å². The predicted octanol–water partition coefficient (Wildman–Crippen LogP) is 6.12. The van der Waals surface area contributed by atoms with Crippen LogP contribution in [0.3, 0.4) is 0 Å². The molecule has 3 aromatic carbocycles. The molecule has 4 rings (SSSR count). The topological polar surface area (TPSA) is 3.24 Å². The Morgan fingerprint density at radius 1 is 0.615 bits per heavy atom. The van der Waals surface area contributed by atoms with E-state index in [0.29, 0.717) is 0 Å². The molecule has 0 aromatic heterocycles. The first-order valence-electron chi connectivity index (χ1n) is 9.44. The summed E-state index contributed by atoms with van der Waals surface area (Å²) < 4.78 is 0. The van der Waals surface area contributed by atoms with Gasteiger partial charge in [0.2, 0.25) is 0 Å². The molecule has 1 fully saturated rings. The summed E-state index contributed by atoms with van der Waals surface area (Å²) in [7, 11) is 0. The first kappa shape index (κ1) is 17.3. The highest BCUT2D eigenvalue weighted by atomic mass is 35.5. The van der Waals surface area contributed by atoms with Crippen molar-refractivity contribution in [1.29, 1.82) is 0 Å². The molecule has 0 radical (unpaired) electrons. The summed E-state index contributed by atoms with van der Waals surface area (Å²) in [5.74, 6) is 0. The van der Waals surface area contributed by atoms with E-state index in [1.54, 1.807) is 0 Å². The molecule has 0 atom stereocenters. The van der Waals surface area contributed by atoms with Gasteiger partial charge in [0.25, 0.3) is 0 Å². The van der Waals surface area contributed by atoms with E-state index in [9.17, 15) is 0 Å². The maximum absolute atomic E-state index is 6.80. The summed E-state index contributed by atoms with van der Waals surface area (Å²) in [6.45, 7) is 2.16. The zero-order chi connectivity index (χ0) is 17.8. The highest BCUT2D eigenvalue weighted by Crippen LogP contribution is 2.45. The number of benzene rings is 3. The molecule has 1 aliphatic rings. The highest BCUT2D eigenvalue weighted by molar-refractivity contribution is 6.31.